The highest BCUT2D eigenvalue weighted by atomic mass is 32.2. The zero-order valence-electron chi connectivity index (χ0n) is 20.9. The molecule has 2 N–H and O–H groups in total. The molecule has 2 aliphatic rings. The number of aliphatic carboxylic acids is 1. The van der Waals surface area contributed by atoms with Crippen LogP contribution in [0, 0.1) is 18.3 Å². The number of ether oxygens (including phenoxy) is 2. The van der Waals surface area contributed by atoms with Crippen LogP contribution < -0.4 is 20.3 Å². The minimum absolute atomic E-state index is 0.00119. The van der Waals surface area contributed by atoms with Gasteiger partial charge in [0.25, 0.3) is 11.5 Å². The largest absolute Gasteiger partial charge is 0.481 e. The Bertz CT molecular complexity index is 1440. The van der Waals surface area contributed by atoms with Crippen molar-refractivity contribution in [2.75, 3.05) is 18.7 Å². The number of hydrogen-bond acceptors (Lipinski definition) is 9. The molecule has 1 aromatic carbocycles. The van der Waals surface area contributed by atoms with Crippen molar-refractivity contribution in [3.8, 4) is 17.6 Å². The van der Waals surface area contributed by atoms with Crippen LogP contribution in [0.3, 0.4) is 0 Å². The molecule has 4 rings (SSSR count). The smallest absolute Gasteiger partial charge is 0.303 e. The van der Waals surface area contributed by atoms with E-state index < -0.39 is 11.5 Å². The van der Waals surface area contributed by atoms with E-state index >= 15 is 0 Å². The lowest BCUT2D eigenvalue weighted by atomic mass is 10.0. The Balaban J connectivity index is 1.60. The molecule has 2 aromatic rings. The van der Waals surface area contributed by atoms with Crippen LogP contribution in [-0.4, -0.2) is 44.1 Å². The highest BCUT2D eigenvalue weighted by Crippen LogP contribution is 2.36. The number of carboxylic acids is 1. The number of nitrogens with one attached hydrogen (secondary N) is 1. The lowest BCUT2D eigenvalue weighted by molar-refractivity contribution is -0.137. The van der Waals surface area contributed by atoms with Gasteiger partial charge in [0.15, 0.2) is 11.5 Å². The number of anilines is 1. The molecule has 3 heterocycles. The van der Waals surface area contributed by atoms with Gasteiger partial charge >= 0.3 is 5.97 Å². The van der Waals surface area contributed by atoms with Gasteiger partial charge in [-0.2, -0.15) is 5.26 Å². The number of fused-ring (bicyclic) bond motifs is 1. The molecule has 1 aromatic heterocycles. The van der Waals surface area contributed by atoms with Crippen LogP contribution in [0.4, 0.5) is 5.82 Å². The molecule has 0 unspecified atom stereocenters. The second-order valence-electron chi connectivity index (χ2n) is 8.82. The van der Waals surface area contributed by atoms with Crippen LogP contribution in [0.25, 0.3) is 6.08 Å². The Hall–Kier alpha value is -3.82. The lowest BCUT2D eigenvalue weighted by Gasteiger charge is -2.18. The first kappa shape index (κ1) is 27.2. The summed E-state index contributed by atoms with van der Waals surface area (Å²) in [7, 11) is 1.57. The van der Waals surface area contributed by atoms with Crippen LogP contribution in [0.2, 0.25) is 0 Å². The monoisotopic (exact) mass is 554 g/mol. The predicted octanol–water partition coefficient (Wildman–Crippen LogP) is 3.75. The van der Waals surface area contributed by atoms with E-state index in [1.807, 2.05) is 24.3 Å². The van der Waals surface area contributed by atoms with Crippen molar-refractivity contribution in [3.05, 3.63) is 55.7 Å². The van der Waals surface area contributed by atoms with Gasteiger partial charge in [-0.25, -0.2) is 0 Å². The van der Waals surface area contributed by atoms with Gasteiger partial charge in [0.2, 0.25) is 6.79 Å². The topological polar surface area (TPSA) is 134 Å². The van der Waals surface area contributed by atoms with Crippen LogP contribution >= 0.6 is 24.0 Å². The van der Waals surface area contributed by atoms with E-state index in [2.05, 4.69) is 5.32 Å². The van der Waals surface area contributed by atoms with E-state index in [0.29, 0.717) is 70.0 Å². The Morgan fingerprint density at radius 1 is 1.26 bits per heavy atom. The van der Waals surface area contributed by atoms with Crippen molar-refractivity contribution < 1.29 is 24.2 Å². The number of thiocarbonyl (C=S) groups is 1. The third-order valence-corrected chi connectivity index (χ3v) is 7.70. The number of carboxylic acid groups (broad SMARTS) is 1. The summed E-state index contributed by atoms with van der Waals surface area (Å²) in [4.78, 5) is 38.7. The number of thioether (sulfide) groups is 1. The summed E-state index contributed by atoms with van der Waals surface area (Å²) >= 11 is 6.59. The van der Waals surface area contributed by atoms with Crippen LogP contribution in [-0.2, 0) is 23.2 Å². The van der Waals surface area contributed by atoms with E-state index in [-0.39, 0.29) is 24.7 Å². The molecule has 1 saturated heterocycles. The molecule has 12 heteroatoms. The average Bonchev–Trinajstić information content (AvgIpc) is 3.46. The molecule has 2 aliphatic heterocycles. The summed E-state index contributed by atoms with van der Waals surface area (Å²) in [6.45, 7) is 2.60. The molecule has 0 aliphatic carbocycles. The van der Waals surface area contributed by atoms with Crippen molar-refractivity contribution in [1.29, 1.82) is 5.26 Å². The summed E-state index contributed by atoms with van der Waals surface area (Å²) in [5.41, 5.74) is 1.46. The standard InChI is InChI=1S/C26H26N4O6S2/c1-15-17(11-21-25(34)30(26(37)38-21)9-5-3-4-6-22(31)32)23(29(2)24(33)18(15)12-27)28-13-16-7-8-19-20(10-16)36-14-35-19/h7-8,10-11,28H,3-6,9,13-14H2,1-2H3,(H,31,32)/b21-11+. The molecular formula is C26H26N4O6S2. The maximum atomic E-state index is 13.2. The lowest BCUT2D eigenvalue weighted by Crippen LogP contribution is -2.29. The summed E-state index contributed by atoms with van der Waals surface area (Å²) in [5.74, 6) is 0.668. The molecule has 0 radical (unpaired) electrons. The number of pyridine rings is 1. The molecule has 0 atom stereocenters. The molecule has 0 spiro atoms. The molecule has 38 heavy (non-hydrogen) atoms. The minimum atomic E-state index is -0.842. The van der Waals surface area contributed by atoms with Crippen molar-refractivity contribution >= 4 is 52.1 Å². The van der Waals surface area contributed by atoms with Crippen molar-refractivity contribution in [1.82, 2.24) is 9.47 Å². The SMILES string of the molecule is Cc1c(/C=C2/SC(=S)N(CCCCCC(=O)O)C2=O)c(NCc2ccc3c(c2)OCO3)n(C)c(=O)c1C#N. The molecule has 1 fully saturated rings. The van der Waals surface area contributed by atoms with Gasteiger partial charge in [-0.05, 0) is 49.1 Å². The molecule has 10 nitrogen and oxygen atoms in total. The number of nitrogens with zero attached hydrogens (tertiary/aromatic N) is 3. The van der Waals surface area contributed by atoms with Gasteiger partial charge in [0.1, 0.15) is 21.8 Å². The van der Waals surface area contributed by atoms with Gasteiger partial charge in [-0.3, -0.25) is 23.9 Å². The normalized spacial score (nSPS) is 15.3. The first-order chi connectivity index (χ1) is 18.2. The third kappa shape index (κ3) is 5.69. The minimum Gasteiger partial charge on any atom is -0.481 e. The maximum absolute atomic E-state index is 13.2. The van der Waals surface area contributed by atoms with E-state index in [1.165, 1.54) is 9.47 Å². The van der Waals surface area contributed by atoms with Gasteiger partial charge in [0, 0.05) is 32.1 Å². The van der Waals surface area contributed by atoms with E-state index in [9.17, 15) is 19.6 Å². The van der Waals surface area contributed by atoms with E-state index in [1.54, 1.807) is 20.0 Å². The van der Waals surface area contributed by atoms with Crippen LogP contribution in [0.1, 0.15) is 47.9 Å². The third-order valence-electron chi connectivity index (χ3n) is 6.32. The number of carbonyl (C=O) groups excluding carboxylic acids is 1. The highest BCUT2D eigenvalue weighted by Gasteiger charge is 2.32. The van der Waals surface area contributed by atoms with E-state index in [4.69, 9.17) is 26.8 Å². The number of unbranched alkanes of at least 4 members (excludes halogenated alkanes) is 2. The summed E-state index contributed by atoms with van der Waals surface area (Å²) in [6, 6.07) is 7.54. The van der Waals surface area contributed by atoms with Gasteiger partial charge in [-0.15, -0.1) is 0 Å². The number of amides is 1. The fraction of sp³-hybridized carbons (Fsp3) is 0.346. The number of aromatic nitrogens is 1. The quantitative estimate of drug-likeness (QED) is 0.254. The first-order valence-electron chi connectivity index (χ1n) is 11.9. The van der Waals surface area contributed by atoms with Crippen molar-refractivity contribution in [2.45, 2.75) is 39.2 Å². The zero-order valence-corrected chi connectivity index (χ0v) is 22.5. The molecule has 198 valence electrons. The Kier molecular flexibility index (Phi) is 8.38. The maximum Gasteiger partial charge on any atom is 0.303 e. The number of hydrogen-bond donors (Lipinski definition) is 2. The molecule has 1 amide bonds. The second kappa shape index (κ2) is 11.7. The number of nitriles is 1. The highest BCUT2D eigenvalue weighted by molar-refractivity contribution is 8.26. The predicted molar refractivity (Wildman–Crippen MR) is 147 cm³/mol. The fourth-order valence-electron chi connectivity index (χ4n) is 4.23. The number of carbonyl (C=O) groups is 2. The summed E-state index contributed by atoms with van der Waals surface area (Å²) in [5, 5.41) is 21.7. The Morgan fingerprint density at radius 3 is 2.76 bits per heavy atom. The van der Waals surface area contributed by atoms with Crippen molar-refractivity contribution in [2.24, 2.45) is 7.05 Å². The first-order valence-corrected chi connectivity index (χ1v) is 13.2. The molecule has 0 saturated carbocycles. The summed E-state index contributed by atoms with van der Waals surface area (Å²) < 4.78 is 12.6. The zero-order chi connectivity index (χ0) is 27.4. The van der Waals surface area contributed by atoms with Gasteiger partial charge in [-0.1, -0.05) is 36.5 Å². The average molecular weight is 555 g/mol. The number of benzene rings is 1. The van der Waals surface area contributed by atoms with Gasteiger partial charge < -0.3 is 19.9 Å². The van der Waals surface area contributed by atoms with Gasteiger partial charge in [0.05, 0.1) is 4.91 Å². The summed E-state index contributed by atoms with van der Waals surface area (Å²) in [6.07, 6.45) is 3.59. The van der Waals surface area contributed by atoms with Crippen LogP contribution in [0.15, 0.2) is 27.9 Å². The Morgan fingerprint density at radius 2 is 2.03 bits per heavy atom. The van der Waals surface area contributed by atoms with E-state index in [0.717, 1.165) is 17.3 Å². The van der Waals surface area contributed by atoms with Crippen LogP contribution in [0.5, 0.6) is 11.5 Å². The number of rotatable bonds is 10. The Labute approximate surface area is 228 Å². The molecular weight excluding hydrogens is 528 g/mol. The van der Waals surface area contributed by atoms with Crippen molar-refractivity contribution in [3.63, 3.8) is 0 Å². The second-order valence-corrected chi connectivity index (χ2v) is 10.5. The fourth-order valence-corrected chi connectivity index (χ4v) is 5.52. The molecule has 0 bridgehead atoms.